The molecule has 2 rings (SSSR count). The Morgan fingerprint density at radius 2 is 2.21 bits per heavy atom. The molecule has 0 bridgehead atoms. The number of ether oxygens (including phenoxy) is 1. The first-order chi connectivity index (χ1) is 9.13. The Balaban J connectivity index is 2.12. The fourth-order valence-electron chi connectivity index (χ4n) is 2.06. The summed E-state index contributed by atoms with van der Waals surface area (Å²) in [6, 6.07) is 5.58. The molecule has 5 nitrogen and oxygen atoms in total. The summed E-state index contributed by atoms with van der Waals surface area (Å²) in [7, 11) is 1.57. The Bertz CT molecular complexity index is 534. The summed E-state index contributed by atoms with van der Waals surface area (Å²) in [4.78, 5) is 4.10. The number of hydrogen-bond acceptors (Lipinski definition) is 4. The Kier molecular flexibility index (Phi) is 4.16. The quantitative estimate of drug-likeness (QED) is 0.893. The van der Waals surface area contributed by atoms with Crippen molar-refractivity contribution in [3.05, 3.63) is 41.3 Å². The fraction of sp³-hybridized carbons (Fsp3) is 0.429. The predicted octanol–water partition coefficient (Wildman–Crippen LogP) is 1.89. The molecule has 0 amide bonds. The zero-order valence-corrected chi connectivity index (χ0v) is 11.5. The van der Waals surface area contributed by atoms with Crippen molar-refractivity contribution >= 4 is 0 Å². The first-order valence-electron chi connectivity index (χ1n) is 6.35. The number of rotatable bonds is 5. The van der Waals surface area contributed by atoms with Gasteiger partial charge in [-0.3, -0.25) is 4.68 Å². The Hall–Kier alpha value is -1.88. The van der Waals surface area contributed by atoms with Gasteiger partial charge < -0.3 is 9.84 Å². The molecule has 1 unspecified atom stereocenters. The average molecular weight is 261 g/mol. The third kappa shape index (κ3) is 3.12. The number of aliphatic hydroxyl groups is 1. The van der Waals surface area contributed by atoms with Gasteiger partial charge >= 0.3 is 0 Å². The number of nitrogens with zero attached hydrogens (tertiary/aromatic N) is 3. The van der Waals surface area contributed by atoms with E-state index in [2.05, 4.69) is 10.1 Å². The van der Waals surface area contributed by atoms with Gasteiger partial charge in [0.2, 0.25) is 5.88 Å². The standard InChI is InChI=1S/C14H19N3O2/c1-4-17-12(7-10(2)16-17)8-13(18)11-5-6-14(19-3)15-9-11/h5-7,9,13,18H,4,8H2,1-3H3. The van der Waals surface area contributed by atoms with Crippen LogP contribution in [0.1, 0.15) is 30.0 Å². The van der Waals surface area contributed by atoms with Crippen LogP contribution in [0.25, 0.3) is 0 Å². The maximum absolute atomic E-state index is 10.2. The van der Waals surface area contributed by atoms with Crippen LogP contribution in [0.15, 0.2) is 24.4 Å². The van der Waals surface area contributed by atoms with Crippen LogP contribution in [-0.4, -0.2) is 27.0 Å². The number of aromatic nitrogens is 3. The van der Waals surface area contributed by atoms with E-state index in [0.717, 1.165) is 23.5 Å². The summed E-state index contributed by atoms with van der Waals surface area (Å²) >= 11 is 0. The summed E-state index contributed by atoms with van der Waals surface area (Å²) < 4.78 is 6.91. The van der Waals surface area contributed by atoms with Gasteiger partial charge in [0.05, 0.1) is 18.9 Å². The molecule has 5 heteroatoms. The predicted molar refractivity (Wildman–Crippen MR) is 72.1 cm³/mol. The van der Waals surface area contributed by atoms with Crippen molar-refractivity contribution in [2.75, 3.05) is 7.11 Å². The summed E-state index contributed by atoms with van der Waals surface area (Å²) in [5, 5.41) is 14.6. The maximum atomic E-state index is 10.2. The molecule has 2 aromatic heterocycles. The normalized spacial score (nSPS) is 12.4. The molecule has 1 atom stereocenters. The van der Waals surface area contributed by atoms with Crippen LogP contribution < -0.4 is 4.74 Å². The van der Waals surface area contributed by atoms with E-state index in [9.17, 15) is 5.11 Å². The monoisotopic (exact) mass is 261 g/mol. The van der Waals surface area contributed by atoms with Crippen LogP contribution in [0.4, 0.5) is 0 Å². The zero-order valence-electron chi connectivity index (χ0n) is 11.5. The van der Waals surface area contributed by atoms with Gasteiger partial charge in [0, 0.05) is 30.9 Å². The minimum Gasteiger partial charge on any atom is -0.481 e. The Labute approximate surface area is 112 Å². The molecule has 0 fully saturated rings. The third-order valence-electron chi connectivity index (χ3n) is 3.04. The lowest BCUT2D eigenvalue weighted by molar-refractivity contribution is 0.175. The number of hydrogen-bond donors (Lipinski definition) is 1. The smallest absolute Gasteiger partial charge is 0.212 e. The largest absolute Gasteiger partial charge is 0.481 e. The van der Waals surface area contributed by atoms with Crippen molar-refractivity contribution < 1.29 is 9.84 Å². The van der Waals surface area contributed by atoms with E-state index in [1.165, 1.54) is 0 Å². The molecule has 2 heterocycles. The van der Waals surface area contributed by atoms with Gasteiger partial charge in [-0.05, 0) is 31.5 Å². The lowest BCUT2D eigenvalue weighted by Crippen LogP contribution is -2.08. The van der Waals surface area contributed by atoms with Crippen molar-refractivity contribution in [3.8, 4) is 5.88 Å². The molecular weight excluding hydrogens is 242 g/mol. The van der Waals surface area contributed by atoms with Crippen LogP contribution in [0.2, 0.25) is 0 Å². The molecule has 1 N–H and O–H groups in total. The molecule has 0 aliphatic carbocycles. The SMILES string of the molecule is CCn1nc(C)cc1CC(O)c1ccc(OC)nc1. The average Bonchev–Trinajstić information content (AvgIpc) is 2.78. The molecule has 0 radical (unpaired) electrons. The highest BCUT2D eigenvalue weighted by Crippen LogP contribution is 2.19. The van der Waals surface area contributed by atoms with Crippen molar-refractivity contribution in [2.24, 2.45) is 0 Å². The maximum Gasteiger partial charge on any atom is 0.212 e. The van der Waals surface area contributed by atoms with Crippen LogP contribution >= 0.6 is 0 Å². The molecule has 0 saturated carbocycles. The first kappa shape index (κ1) is 13.5. The molecule has 19 heavy (non-hydrogen) atoms. The molecule has 2 aromatic rings. The Morgan fingerprint density at radius 1 is 1.42 bits per heavy atom. The molecule has 102 valence electrons. The lowest BCUT2D eigenvalue weighted by atomic mass is 10.1. The number of aliphatic hydroxyl groups excluding tert-OH is 1. The number of methoxy groups -OCH3 is 1. The summed E-state index contributed by atoms with van der Waals surface area (Å²) in [5.74, 6) is 0.547. The molecular formula is C14H19N3O2. The van der Waals surface area contributed by atoms with Gasteiger partial charge in [-0.15, -0.1) is 0 Å². The Morgan fingerprint density at radius 3 is 2.79 bits per heavy atom. The van der Waals surface area contributed by atoms with Crippen molar-refractivity contribution in [2.45, 2.75) is 32.9 Å². The minimum atomic E-state index is -0.584. The van der Waals surface area contributed by atoms with E-state index in [1.54, 1.807) is 19.4 Å². The van der Waals surface area contributed by atoms with E-state index < -0.39 is 6.10 Å². The van der Waals surface area contributed by atoms with Crippen LogP contribution in [0.3, 0.4) is 0 Å². The first-order valence-corrected chi connectivity index (χ1v) is 6.35. The van der Waals surface area contributed by atoms with Crippen molar-refractivity contribution in [1.82, 2.24) is 14.8 Å². The van der Waals surface area contributed by atoms with Crippen molar-refractivity contribution in [1.29, 1.82) is 0 Å². The molecule has 0 saturated heterocycles. The van der Waals surface area contributed by atoms with Gasteiger partial charge in [-0.2, -0.15) is 5.10 Å². The molecule has 0 aliphatic rings. The molecule has 0 aliphatic heterocycles. The second-order valence-electron chi connectivity index (χ2n) is 4.45. The topological polar surface area (TPSA) is 60.2 Å². The fourth-order valence-corrected chi connectivity index (χ4v) is 2.06. The highest BCUT2D eigenvalue weighted by Gasteiger charge is 2.13. The van der Waals surface area contributed by atoms with Gasteiger partial charge in [0.25, 0.3) is 0 Å². The second kappa shape index (κ2) is 5.84. The van der Waals surface area contributed by atoms with Crippen LogP contribution in [0.5, 0.6) is 5.88 Å². The van der Waals surface area contributed by atoms with Gasteiger partial charge in [-0.1, -0.05) is 0 Å². The number of pyridine rings is 1. The summed E-state index contributed by atoms with van der Waals surface area (Å²) in [5.41, 5.74) is 2.78. The number of aryl methyl sites for hydroxylation is 2. The molecule has 0 aromatic carbocycles. The van der Waals surface area contributed by atoms with E-state index in [4.69, 9.17) is 4.74 Å². The lowest BCUT2D eigenvalue weighted by Gasteiger charge is -2.12. The summed E-state index contributed by atoms with van der Waals surface area (Å²) in [6.45, 7) is 4.80. The highest BCUT2D eigenvalue weighted by molar-refractivity contribution is 5.21. The zero-order chi connectivity index (χ0) is 13.8. The van der Waals surface area contributed by atoms with E-state index in [0.29, 0.717) is 12.3 Å². The highest BCUT2D eigenvalue weighted by atomic mass is 16.5. The second-order valence-corrected chi connectivity index (χ2v) is 4.45. The van der Waals surface area contributed by atoms with Gasteiger partial charge in [0.1, 0.15) is 0 Å². The van der Waals surface area contributed by atoms with Gasteiger partial charge in [-0.25, -0.2) is 4.98 Å². The minimum absolute atomic E-state index is 0.530. The van der Waals surface area contributed by atoms with E-state index in [1.807, 2.05) is 30.7 Å². The van der Waals surface area contributed by atoms with Crippen LogP contribution in [0, 0.1) is 6.92 Å². The van der Waals surface area contributed by atoms with Crippen molar-refractivity contribution in [3.63, 3.8) is 0 Å². The summed E-state index contributed by atoms with van der Waals surface area (Å²) in [6.07, 6.45) is 1.59. The molecule has 0 spiro atoms. The third-order valence-corrected chi connectivity index (χ3v) is 3.04. The van der Waals surface area contributed by atoms with E-state index >= 15 is 0 Å². The van der Waals surface area contributed by atoms with E-state index in [-0.39, 0.29) is 0 Å². The van der Waals surface area contributed by atoms with Gasteiger partial charge in [0.15, 0.2) is 0 Å². The van der Waals surface area contributed by atoms with Crippen LogP contribution in [-0.2, 0) is 13.0 Å².